The summed E-state index contributed by atoms with van der Waals surface area (Å²) in [5.74, 6) is 0.183. The number of carbonyl (C=O) groups excluding carboxylic acids is 1. The van der Waals surface area contributed by atoms with Gasteiger partial charge in [-0.15, -0.1) is 0 Å². The Labute approximate surface area is 108 Å². The van der Waals surface area contributed by atoms with Gasteiger partial charge in [0.25, 0.3) is 0 Å². The highest BCUT2D eigenvalue weighted by atomic mass is 32.2. The van der Waals surface area contributed by atoms with E-state index in [0.717, 1.165) is 12.0 Å². The van der Waals surface area contributed by atoms with Gasteiger partial charge in [0, 0.05) is 12.8 Å². The second-order valence-corrected chi connectivity index (χ2v) is 7.01. The van der Waals surface area contributed by atoms with E-state index < -0.39 is 9.84 Å². The van der Waals surface area contributed by atoms with Crippen LogP contribution >= 0.6 is 0 Å². The number of rotatable bonds is 3. The predicted molar refractivity (Wildman–Crippen MR) is 70.3 cm³/mol. The number of sulfone groups is 1. The zero-order valence-corrected chi connectivity index (χ0v) is 11.4. The summed E-state index contributed by atoms with van der Waals surface area (Å²) in [7, 11) is -3.26. The number of carbonyl (C=O) groups is 1. The Hall–Kier alpha value is -1.16. The van der Waals surface area contributed by atoms with Gasteiger partial charge in [0.15, 0.2) is 9.84 Å². The van der Waals surface area contributed by atoms with Crippen molar-refractivity contribution in [1.29, 1.82) is 0 Å². The number of hydrogen-bond donors (Lipinski definition) is 0. The van der Waals surface area contributed by atoms with Gasteiger partial charge < -0.3 is 0 Å². The number of ketones is 1. The van der Waals surface area contributed by atoms with E-state index in [1.165, 1.54) is 0 Å². The van der Waals surface area contributed by atoms with Gasteiger partial charge in [-0.1, -0.05) is 19.1 Å². The highest BCUT2D eigenvalue weighted by Gasteiger charge is 2.31. The van der Waals surface area contributed by atoms with E-state index in [2.05, 4.69) is 0 Å². The van der Waals surface area contributed by atoms with Crippen LogP contribution in [0.3, 0.4) is 0 Å². The molecule has 0 bridgehead atoms. The molecule has 0 saturated heterocycles. The molecule has 2 rings (SSSR count). The molecule has 0 spiro atoms. The van der Waals surface area contributed by atoms with Gasteiger partial charge in [-0.05, 0) is 37.0 Å². The molecule has 1 aliphatic rings. The molecule has 18 heavy (non-hydrogen) atoms. The Morgan fingerprint density at radius 2 is 1.67 bits per heavy atom. The van der Waals surface area contributed by atoms with E-state index >= 15 is 0 Å². The molecule has 98 valence electrons. The van der Waals surface area contributed by atoms with Crippen molar-refractivity contribution in [3.05, 3.63) is 29.8 Å². The summed E-state index contributed by atoms with van der Waals surface area (Å²) in [6.45, 7) is 2.04. The Kier molecular flexibility index (Phi) is 3.85. The quantitative estimate of drug-likeness (QED) is 0.844. The van der Waals surface area contributed by atoms with E-state index in [0.29, 0.717) is 30.6 Å². The largest absolute Gasteiger partial charge is 0.300 e. The van der Waals surface area contributed by atoms with E-state index in [9.17, 15) is 13.2 Å². The molecular weight excluding hydrogens is 248 g/mol. The number of benzene rings is 1. The first-order valence-electron chi connectivity index (χ1n) is 6.38. The lowest BCUT2D eigenvalue weighted by molar-refractivity contribution is -0.120. The standard InChI is InChI=1S/C14H18O3S/c1-2-11-3-7-13(8-4-11)18(16,17)14-9-5-12(15)6-10-14/h3-4,7-8,14H,2,5-6,9-10H2,1H3. The molecule has 1 fully saturated rings. The lowest BCUT2D eigenvalue weighted by Crippen LogP contribution is -2.27. The zero-order chi connectivity index (χ0) is 13.2. The fourth-order valence-corrected chi connectivity index (χ4v) is 4.09. The molecule has 0 radical (unpaired) electrons. The van der Waals surface area contributed by atoms with Gasteiger partial charge >= 0.3 is 0 Å². The summed E-state index contributed by atoms with van der Waals surface area (Å²) in [5, 5.41) is -0.386. The molecule has 0 aliphatic heterocycles. The minimum absolute atomic E-state index is 0.183. The third kappa shape index (κ3) is 2.64. The molecule has 0 amide bonds. The Balaban J connectivity index is 2.21. The van der Waals surface area contributed by atoms with Crippen molar-refractivity contribution in [2.45, 2.75) is 49.2 Å². The third-order valence-electron chi connectivity index (χ3n) is 3.59. The van der Waals surface area contributed by atoms with Gasteiger partial charge in [-0.25, -0.2) is 8.42 Å². The first-order chi connectivity index (χ1) is 8.54. The Morgan fingerprint density at radius 3 is 2.17 bits per heavy atom. The maximum absolute atomic E-state index is 12.4. The van der Waals surface area contributed by atoms with Crippen LogP contribution in [0.4, 0.5) is 0 Å². The summed E-state index contributed by atoms with van der Waals surface area (Å²) < 4.78 is 24.8. The van der Waals surface area contributed by atoms with Crippen LogP contribution < -0.4 is 0 Å². The number of aryl methyl sites for hydroxylation is 1. The molecule has 3 nitrogen and oxygen atoms in total. The molecule has 1 aromatic carbocycles. The van der Waals surface area contributed by atoms with Gasteiger partial charge in [0.1, 0.15) is 5.78 Å². The summed E-state index contributed by atoms with van der Waals surface area (Å²) in [4.78, 5) is 11.5. The van der Waals surface area contributed by atoms with Gasteiger partial charge in [0.05, 0.1) is 10.1 Å². The van der Waals surface area contributed by atoms with Crippen LogP contribution in [0, 0.1) is 0 Å². The highest BCUT2D eigenvalue weighted by molar-refractivity contribution is 7.92. The summed E-state index contributed by atoms with van der Waals surface area (Å²) in [5.41, 5.74) is 1.13. The summed E-state index contributed by atoms with van der Waals surface area (Å²) in [6.07, 6.45) is 2.64. The van der Waals surface area contributed by atoms with Crippen molar-refractivity contribution >= 4 is 15.6 Å². The Morgan fingerprint density at radius 1 is 1.11 bits per heavy atom. The fraction of sp³-hybridized carbons (Fsp3) is 0.500. The summed E-state index contributed by atoms with van der Waals surface area (Å²) in [6, 6.07) is 7.09. The maximum Gasteiger partial charge on any atom is 0.181 e. The average Bonchev–Trinajstić information content (AvgIpc) is 2.39. The molecule has 0 heterocycles. The van der Waals surface area contributed by atoms with Crippen LogP contribution in [0.15, 0.2) is 29.2 Å². The van der Waals surface area contributed by atoms with Crippen LogP contribution in [-0.4, -0.2) is 19.5 Å². The lowest BCUT2D eigenvalue weighted by Gasteiger charge is -2.21. The minimum atomic E-state index is -3.26. The second kappa shape index (κ2) is 5.22. The molecular formula is C14H18O3S. The van der Waals surface area contributed by atoms with Crippen LogP contribution in [0.1, 0.15) is 38.2 Å². The minimum Gasteiger partial charge on any atom is -0.300 e. The van der Waals surface area contributed by atoms with Gasteiger partial charge in [-0.2, -0.15) is 0 Å². The van der Waals surface area contributed by atoms with Crippen molar-refractivity contribution in [3.63, 3.8) is 0 Å². The van der Waals surface area contributed by atoms with Crippen molar-refractivity contribution in [2.24, 2.45) is 0 Å². The zero-order valence-electron chi connectivity index (χ0n) is 10.6. The molecule has 0 aromatic heterocycles. The van der Waals surface area contributed by atoms with Crippen molar-refractivity contribution < 1.29 is 13.2 Å². The fourth-order valence-electron chi connectivity index (χ4n) is 2.33. The van der Waals surface area contributed by atoms with Crippen LogP contribution in [0.25, 0.3) is 0 Å². The van der Waals surface area contributed by atoms with E-state index in [1.54, 1.807) is 12.1 Å². The molecule has 1 aromatic rings. The van der Waals surface area contributed by atoms with E-state index in [4.69, 9.17) is 0 Å². The molecule has 1 aliphatic carbocycles. The third-order valence-corrected chi connectivity index (χ3v) is 5.87. The van der Waals surface area contributed by atoms with Crippen LogP contribution in [-0.2, 0) is 21.1 Å². The molecule has 4 heteroatoms. The SMILES string of the molecule is CCc1ccc(S(=O)(=O)C2CCC(=O)CC2)cc1. The van der Waals surface area contributed by atoms with Crippen molar-refractivity contribution in [2.75, 3.05) is 0 Å². The highest BCUT2D eigenvalue weighted by Crippen LogP contribution is 2.27. The average molecular weight is 266 g/mol. The van der Waals surface area contributed by atoms with Crippen molar-refractivity contribution in [1.82, 2.24) is 0 Å². The first-order valence-corrected chi connectivity index (χ1v) is 7.93. The maximum atomic E-state index is 12.4. The van der Waals surface area contributed by atoms with Crippen LogP contribution in [0.5, 0.6) is 0 Å². The predicted octanol–water partition coefficient (Wildman–Crippen LogP) is 2.53. The molecule has 0 atom stereocenters. The molecule has 0 unspecified atom stereocenters. The smallest absolute Gasteiger partial charge is 0.181 e. The number of hydrogen-bond acceptors (Lipinski definition) is 3. The topological polar surface area (TPSA) is 51.2 Å². The van der Waals surface area contributed by atoms with E-state index in [-0.39, 0.29) is 11.0 Å². The second-order valence-electron chi connectivity index (χ2n) is 4.78. The van der Waals surface area contributed by atoms with Gasteiger partial charge in [0.2, 0.25) is 0 Å². The van der Waals surface area contributed by atoms with E-state index in [1.807, 2.05) is 19.1 Å². The lowest BCUT2D eigenvalue weighted by atomic mass is 9.99. The molecule has 0 N–H and O–H groups in total. The van der Waals surface area contributed by atoms with Crippen molar-refractivity contribution in [3.8, 4) is 0 Å². The van der Waals surface area contributed by atoms with Crippen LogP contribution in [0.2, 0.25) is 0 Å². The summed E-state index contributed by atoms with van der Waals surface area (Å²) >= 11 is 0. The number of Topliss-reactive ketones (excluding diaryl/α,β-unsaturated/α-hetero) is 1. The normalized spacial score (nSPS) is 17.9. The first kappa shape index (κ1) is 13.3. The monoisotopic (exact) mass is 266 g/mol. The Bertz CT molecular complexity index is 519. The molecule has 1 saturated carbocycles. The van der Waals surface area contributed by atoms with Gasteiger partial charge in [-0.3, -0.25) is 4.79 Å².